The second kappa shape index (κ2) is 57.3. The Balaban J connectivity index is 0.716. The highest BCUT2D eigenvalue weighted by Gasteiger charge is 2.60. The summed E-state index contributed by atoms with van der Waals surface area (Å²) in [4.78, 5) is 91.4. The minimum absolute atomic E-state index is 0.0327. The van der Waals surface area contributed by atoms with Crippen molar-refractivity contribution >= 4 is 41.4 Å². The topological polar surface area (TPSA) is 952 Å². The first-order valence-electron chi connectivity index (χ1n) is 47.9. The fraction of sp³-hybridized carbons (Fsp3) is 0.784. The number of aliphatic hydroxyl groups excluding tert-OH is 27. The summed E-state index contributed by atoms with van der Waals surface area (Å²) in [5.74, 6) is -6.65. The summed E-state index contributed by atoms with van der Waals surface area (Å²) in [7, 11) is 0. The molecule has 34 N–H and O–H groups in total. The van der Waals surface area contributed by atoms with Gasteiger partial charge < -0.3 is 274 Å². The molecule has 0 radical (unpaired) electrons. The summed E-state index contributed by atoms with van der Waals surface area (Å²) in [6, 6.07) is 2.83. The van der Waals surface area contributed by atoms with Gasteiger partial charge in [-0.3, -0.25) is 28.8 Å². The third kappa shape index (κ3) is 30.8. The molecule has 11 rings (SSSR count). The molecule has 2 aromatic rings. The molecule has 0 aliphatic carbocycles. The maximum absolute atomic E-state index is 13.6. The van der Waals surface area contributed by atoms with Gasteiger partial charge in [0.1, 0.15) is 237 Å². The Morgan fingerprint density at radius 1 is 0.260 bits per heavy atom. The van der Waals surface area contributed by atoms with Crippen LogP contribution in [0.3, 0.4) is 0 Å². The van der Waals surface area contributed by atoms with E-state index in [4.69, 9.17) is 99.5 Å². The van der Waals surface area contributed by atoms with Crippen LogP contribution in [0.15, 0.2) is 36.4 Å². The van der Waals surface area contributed by atoms with Crippen molar-refractivity contribution < 1.29 is 276 Å². The highest BCUT2D eigenvalue weighted by atomic mass is 16.8. The van der Waals surface area contributed by atoms with E-state index in [-0.39, 0.29) is 87.1 Å². The zero-order valence-electron chi connectivity index (χ0n) is 80.7. The highest BCUT2D eigenvalue weighted by Crippen LogP contribution is 2.41. The molecule has 2 aromatic carbocycles. The first-order valence-corrected chi connectivity index (χ1v) is 47.9. The summed E-state index contributed by atoms with van der Waals surface area (Å²) in [6.45, 7) is -8.90. The molecule has 9 aliphatic rings. The maximum Gasteiger partial charge on any atom is 0.335 e. The van der Waals surface area contributed by atoms with Crippen molar-refractivity contribution in [2.24, 2.45) is 0 Å². The molecule has 0 saturated carbocycles. The van der Waals surface area contributed by atoms with E-state index in [2.05, 4.69) is 31.9 Å². The van der Waals surface area contributed by atoms with Gasteiger partial charge in [0.15, 0.2) is 76.4 Å². The third-order valence-electron chi connectivity index (χ3n) is 25.7. The molecule has 6 amide bonds. The van der Waals surface area contributed by atoms with Gasteiger partial charge in [0.25, 0.3) is 17.7 Å². The Labute approximate surface area is 851 Å². The number of ether oxygens (including phenoxy) is 21. The largest absolute Gasteiger partial charge is 0.484 e. The van der Waals surface area contributed by atoms with E-state index in [9.17, 15) is 177 Å². The van der Waals surface area contributed by atoms with Crippen molar-refractivity contribution in [2.75, 3.05) is 119 Å². The maximum atomic E-state index is 13.6. The lowest BCUT2D eigenvalue weighted by Crippen LogP contribution is -2.68. The predicted octanol–water partition coefficient (Wildman–Crippen LogP) is -19.5. The molecule has 0 bridgehead atoms. The number of amides is 6. The number of aromatic carboxylic acids is 1. The van der Waals surface area contributed by atoms with E-state index in [1.54, 1.807) is 0 Å². The first-order chi connectivity index (χ1) is 71.4. The van der Waals surface area contributed by atoms with Gasteiger partial charge >= 0.3 is 5.97 Å². The molecule has 9 heterocycles. The van der Waals surface area contributed by atoms with Crippen LogP contribution >= 0.6 is 0 Å². The van der Waals surface area contributed by atoms with Crippen molar-refractivity contribution in [2.45, 2.75) is 316 Å². The molecule has 854 valence electrons. The Morgan fingerprint density at radius 3 is 0.733 bits per heavy atom. The summed E-state index contributed by atoms with van der Waals surface area (Å²) < 4.78 is 121. The fourth-order valence-corrected chi connectivity index (χ4v) is 17.7. The summed E-state index contributed by atoms with van der Waals surface area (Å²) in [5, 5.41) is 314. The van der Waals surface area contributed by atoms with E-state index >= 15 is 0 Å². The fourth-order valence-electron chi connectivity index (χ4n) is 17.7. The van der Waals surface area contributed by atoms with Crippen LogP contribution in [-0.2, 0) is 114 Å². The lowest BCUT2D eigenvalue weighted by atomic mass is 9.95. The summed E-state index contributed by atoms with van der Waals surface area (Å²) in [5.41, 5.74) is -0.312. The number of hydrogen-bond acceptors (Lipinski definition) is 55. The van der Waals surface area contributed by atoms with Crippen LogP contribution in [-0.4, -0.2) is 579 Å². The van der Waals surface area contributed by atoms with Crippen molar-refractivity contribution in [1.82, 2.24) is 31.9 Å². The van der Waals surface area contributed by atoms with Gasteiger partial charge in [-0.25, -0.2) is 4.79 Å². The zero-order valence-corrected chi connectivity index (χ0v) is 80.7. The molecule has 9 fully saturated rings. The molecule has 26 unspecified atom stereocenters. The van der Waals surface area contributed by atoms with Crippen molar-refractivity contribution in [3.63, 3.8) is 0 Å². The van der Waals surface area contributed by atoms with E-state index in [1.165, 1.54) is 30.3 Å². The minimum Gasteiger partial charge on any atom is -0.484 e. The number of carboxylic acids is 1. The normalized spacial score (nSPS) is 39.3. The number of rotatable bonds is 50. The van der Waals surface area contributed by atoms with E-state index in [0.29, 0.717) is 0 Å². The number of carboxylic acid groups (broad SMARTS) is 1. The van der Waals surface area contributed by atoms with E-state index in [0.717, 1.165) is 26.8 Å². The van der Waals surface area contributed by atoms with Gasteiger partial charge in [0.05, 0.1) is 84.8 Å². The Morgan fingerprint density at radius 2 is 0.487 bits per heavy atom. The predicted molar refractivity (Wildman–Crippen MR) is 478 cm³/mol. The number of nitrogens with one attached hydrogen (secondary N) is 6. The molecule has 45 atom stereocenters. The molecule has 9 aliphatic heterocycles. The summed E-state index contributed by atoms with van der Waals surface area (Å²) in [6.07, 6.45) is -76.7. The SMILES string of the molecule is CC(=O)NC1C(O)[C@H](O[C@@H]2OC(CO)[C@H](O)C(O[C@H]3OC(CO)[C@H](O)C(O)C3O)C2O)C(CO)O[C@H]1OCCCNC(=O)COc1cc(OCC(=O)NCCCO[C@@H]2OC(CO)[C@@H](O[C@@H]3OC(CO)[C@H](O)C(O[C@H]4OC(CO)[C@H](O)C(O)[C@H]4O)C3O)C(O)C2NC(C)=O)cc(-c2cc(OCC(=O)NCCCO[C@@H]3OC(CO)[C@@H](O[C@@H]4OC(CO)[C@H](O)C(O[C@H]5OC(CO)[C@H](O)C(O)C5O)C4O)C(O)C3NC(C)=O)cc(C(=O)O)c2)c1. The van der Waals surface area contributed by atoms with E-state index < -0.39 is 402 Å². The standard InChI is InChI=1S/C88H136N6O56/c1-31(104)92-52-61(116)73(145-86-70(125)76(58(113)43(22-98)139-86)148-83-67(122)64(119)55(110)40(19-95)136-83)46(25-101)142-80(52)130-10-4-7-89-49(107)28-133-37-14-34(13-36(17-37)79(128)129)35-15-38(134-29-50(108)90-8-5-11-131-81-53(93-32(2)105)62(117)74(47(26-102)143-81)146-87-71(126)77(59(114)44(23-99)140-87)149-84-68(123)65(120)56(111)41(20-96)137-84)18-39(16-35)135-30-51(109)91-9-6-12-132-82-54(94-33(3)106)63(118)75(48(27-103)144-82)147-88-72(127)78(60(115)45(24-100)141-88)150-85-69(124)66(121)57(112)42(21-97)138-85/h13-18,40-48,52-78,80-88,95-103,110-127H,4-12,19-30H2,1-3H3,(H,89,107)(H,90,108)(H,91,109)(H,92,104)(H,93,105)(H,94,106)(H,128,129)/t40?,41?,42?,43?,44?,45?,46?,47?,48?,52?,53?,54?,55-,56-,57-,58-,59-,60-,61?,62?,63?,64?,65?,66?,67?,68+,69?,70?,71?,72?,73+,74+,75+,76?,77?,78?,80+,81+,82+,83+,84+,85+,86-,87-,88-/m0/s1. The van der Waals surface area contributed by atoms with Gasteiger partial charge in [0, 0.05) is 46.5 Å². The monoisotopic (exact) mass is 2170 g/mol. The number of aliphatic hydroxyl groups is 27. The molecule has 0 spiro atoms. The minimum atomic E-state index is -2.11. The highest BCUT2D eigenvalue weighted by molar-refractivity contribution is 5.90. The van der Waals surface area contributed by atoms with E-state index in [1.807, 2.05) is 0 Å². The van der Waals surface area contributed by atoms with Gasteiger partial charge in [-0.2, -0.15) is 0 Å². The van der Waals surface area contributed by atoms with Crippen LogP contribution in [0, 0.1) is 0 Å². The van der Waals surface area contributed by atoms with Crippen molar-refractivity contribution in [1.29, 1.82) is 0 Å². The molecule has 150 heavy (non-hydrogen) atoms. The smallest absolute Gasteiger partial charge is 0.335 e. The van der Waals surface area contributed by atoms with Gasteiger partial charge in [-0.1, -0.05) is 0 Å². The third-order valence-corrected chi connectivity index (χ3v) is 25.7. The van der Waals surface area contributed by atoms with Crippen LogP contribution in [0.1, 0.15) is 50.4 Å². The van der Waals surface area contributed by atoms with Crippen molar-refractivity contribution in [3.05, 3.63) is 42.0 Å². The van der Waals surface area contributed by atoms with Gasteiger partial charge in [-0.05, 0) is 60.7 Å². The molecule has 62 nitrogen and oxygen atoms in total. The van der Waals surface area contributed by atoms with Gasteiger partial charge in [-0.15, -0.1) is 0 Å². The van der Waals surface area contributed by atoms with Crippen LogP contribution in [0.5, 0.6) is 17.2 Å². The lowest BCUT2D eigenvalue weighted by Gasteiger charge is -2.48. The Bertz CT molecular complexity index is 4390. The molecule has 0 aromatic heterocycles. The van der Waals surface area contributed by atoms with Crippen LogP contribution in [0.25, 0.3) is 11.1 Å². The number of carbonyl (C=O) groups excluding carboxylic acids is 6. The quantitative estimate of drug-likeness (QED) is 0.0274. The summed E-state index contributed by atoms with van der Waals surface area (Å²) >= 11 is 0. The van der Waals surface area contributed by atoms with Crippen molar-refractivity contribution in [3.8, 4) is 28.4 Å². The first kappa shape index (κ1) is 123. The molecular formula is C88H136N6O56. The molecule has 62 heteroatoms. The second-order valence-electron chi connectivity index (χ2n) is 36.5. The zero-order chi connectivity index (χ0) is 110. The Kier molecular flexibility index (Phi) is 46.8. The average Bonchev–Trinajstić information content (AvgIpc) is 0.773. The molecule has 9 saturated heterocycles. The number of benzene rings is 2. The number of hydrogen-bond donors (Lipinski definition) is 34. The molecular weight excluding hydrogens is 2040 g/mol. The van der Waals surface area contributed by atoms with Gasteiger partial charge in [0.2, 0.25) is 17.7 Å². The lowest BCUT2D eigenvalue weighted by molar-refractivity contribution is -0.376. The average molecular weight is 2170 g/mol. The van der Waals surface area contributed by atoms with Crippen LogP contribution < -0.4 is 46.1 Å². The second-order valence-corrected chi connectivity index (χ2v) is 36.5. The Hall–Kier alpha value is -7.67. The number of carbonyl (C=O) groups is 7. The van der Waals surface area contributed by atoms with Crippen LogP contribution in [0.2, 0.25) is 0 Å². The van der Waals surface area contributed by atoms with Crippen LogP contribution in [0.4, 0.5) is 0 Å².